The number of nitrogens with one attached hydrogen (secondary N) is 1. The van der Waals surface area contributed by atoms with Crippen molar-refractivity contribution in [3.8, 4) is 11.3 Å². The average Bonchev–Trinajstić information content (AvgIpc) is 2.87. The smallest absolute Gasteiger partial charge is 0.372 e. The number of hydrogen-bond donors (Lipinski definition) is 2. The number of hydrogen-bond acceptors (Lipinski definition) is 5. The van der Waals surface area contributed by atoms with Crippen LogP contribution in [0.5, 0.6) is 0 Å². The molecule has 1 saturated heterocycles. The lowest BCUT2D eigenvalue weighted by Crippen LogP contribution is -2.26. The van der Waals surface area contributed by atoms with E-state index in [-0.39, 0.29) is 17.3 Å². The number of benzene rings is 1. The summed E-state index contributed by atoms with van der Waals surface area (Å²) < 4.78 is 13.3. The number of halogens is 1. The molecular weight excluding hydrogens is 337 g/mol. The van der Waals surface area contributed by atoms with Gasteiger partial charge in [0.2, 0.25) is 5.82 Å². The number of imidazole rings is 1. The zero-order chi connectivity index (χ0) is 18.1. The predicted molar refractivity (Wildman–Crippen MR) is 94.7 cm³/mol. The van der Waals surface area contributed by atoms with Gasteiger partial charge in [-0.2, -0.15) is 0 Å². The van der Waals surface area contributed by atoms with Crippen molar-refractivity contribution in [2.75, 3.05) is 18.0 Å². The molecule has 0 bridgehead atoms. The highest BCUT2D eigenvalue weighted by Gasteiger charge is 2.21. The van der Waals surface area contributed by atoms with Crippen molar-refractivity contribution in [3.63, 3.8) is 0 Å². The summed E-state index contributed by atoms with van der Waals surface area (Å²) in [5.74, 6) is -1.02. The largest absolute Gasteiger partial charge is 0.475 e. The summed E-state index contributed by atoms with van der Waals surface area (Å²) in [5.41, 5.74) is 1.90. The molecule has 3 aromatic rings. The van der Waals surface area contributed by atoms with Crippen LogP contribution in [0.4, 0.5) is 10.2 Å². The molecule has 3 heterocycles. The van der Waals surface area contributed by atoms with Gasteiger partial charge in [0.1, 0.15) is 11.5 Å². The van der Waals surface area contributed by atoms with Crippen molar-refractivity contribution in [2.24, 2.45) is 0 Å². The quantitative estimate of drug-likeness (QED) is 0.749. The van der Waals surface area contributed by atoms with E-state index >= 15 is 0 Å². The van der Waals surface area contributed by atoms with Crippen molar-refractivity contribution < 1.29 is 14.3 Å². The van der Waals surface area contributed by atoms with Crippen molar-refractivity contribution >= 4 is 23.1 Å². The van der Waals surface area contributed by atoms with Crippen LogP contribution in [0.2, 0.25) is 0 Å². The molecule has 7 nitrogen and oxygen atoms in total. The first kappa shape index (κ1) is 16.4. The lowest BCUT2D eigenvalue weighted by atomic mass is 10.1. The minimum absolute atomic E-state index is 0.196. The van der Waals surface area contributed by atoms with Gasteiger partial charge < -0.3 is 15.0 Å². The lowest BCUT2D eigenvalue weighted by molar-refractivity contribution is 0.0685. The Bertz CT molecular complexity index is 946. The summed E-state index contributed by atoms with van der Waals surface area (Å²) in [7, 11) is 0. The maximum Gasteiger partial charge on any atom is 0.372 e. The van der Waals surface area contributed by atoms with Gasteiger partial charge in [0, 0.05) is 18.7 Å². The topological polar surface area (TPSA) is 95.0 Å². The third-order valence-electron chi connectivity index (χ3n) is 4.54. The molecule has 2 aromatic heterocycles. The Morgan fingerprint density at radius 3 is 2.38 bits per heavy atom. The first-order valence-corrected chi connectivity index (χ1v) is 8.64. The number of carbonyl (C=O) groups is 1. The van der Waals surface area contributed by atoms with E-state index in [2.05, 4.69) is 24.8 Å². The minimum atomic E-state index is -1.16. The number of aromatic carboxylic acids is 1. The Morgan fingerprint density at radius 2 is 1.73 bits per heavy atom. The second kappa shape index (κ2) is 6.70. The fraction of sp³-hybridized carbons (Fsp3) is 0.333. The van der Waals surface area contributed by atoms with Crippen molar-refractivity contribution in [1.29, 1.82) is 0 Å². The van der Waals surface area contributed by atoms with Crippen molar-refractivity contribution in [3.05, 3.63) is 35.9 Å². The molecule has 0 radical (unpaired) electrons. The van der Waals surface area contributed by atoms with Crippen LogP contribution in [0.15, 0.2) is 24.3 Å². The number of nitrogens with zero attached hydrogens (tertiary/aromatic N) is 4. The average molecular weight is 355 g/mol. The summed E-state index contributed by atoms with van der Waals surface area (Å²) in [6, 6.07) is 6.06. The summed E-state index contributed by atoms with van der Waals surface area (Å²) in [6.45, 7) is 1.70. The van der Waals surface area contributed by atoms with Crippen molar-refractivity contribution in [2.45, 2.75) is 25.7 Å². The minimum Gasteiger partial charge on any atom is -0.475 e. The van der Waals surface area contributed by atoms with Crippen LogP contribution in [-0.4, -0.2) is 44.1 Å². The molecular formula is C18H18FN5O2. The molecule has 134 valence electrons. The number of carboxylic acid groups (broad SMARTS) is 1. The van der Waals surface area contributed by atoms with Crippen LogP contribution < -0.4 is 4.90 Å². The number of anilines is 1. The molecule has 0 unspecified atom stereocenters. The molecule has 4 rings (SSSR count). The molecule has 0 aliphatic carbocycles. The van der Waals surface area contributed by atoms with Gasteiger partial charge in [0.05, 0.1) is 0 Å². The molecule has 0 amide bonds. The SMILES string of the molecule is O=C(O)c1nc2nc(N3CCCCCC3)c(-c3ccc(F)cc3)nc2[nH]1. The van der Waals surface area contributed by atoms with Gasteiger partial charge >= 0.3 is 5.97 Å². The first-order valence-electron chi connectivity index (χ1n) is 8.64. The van der Waals surface area contributed by atoms with E-state index in [0.29, 0.717) is 17.2 Å². The van der Waals surface area contributed by atoms with Gasteiger partial charge in [-0.25, -0.2) is 24.1 Å². The molecule has 26 heavy (non-hydrogen) atoms. The number of H-pyrrole nitrogens is 1. The Morgan fingerprint density at radius 1 is 1.04 bits per heavy atom. The highest BCUT2D eigenvalue weighted by molar-refractivity contribution is 5.88. The van der Waals surface area contributed by atoms with Gasteiger partial charge in [-0.3, -0.25) is 0 Å². The van der Waals surface area contributed by atoms with Crippen LogP contribution in [-0.2, 0) is 0 Å². The van der Waals surface area contributed by atoms with Gasteiger partial charge in [-0.05, 0) is 37.1 Å². The molecule has 1 fully saturated rings. The Labute approximate surface area is 148 Å². The van der Waals surface area contributed by atoms with E-state index < -0.39 is 5.97 Å². The first-order chi connectivity index (χ1) is 12.6. The van der Waals surface area contributed by atoms with E-state index in [1.54, 1.807) is 12.1 Å². The maximum absolute atomic E-state index is 13.3. The third kappa shape index (κ3) is 3.10. The Hall–Kier alpha value is -3.03. The second-order valence-corrected chi connectivity index (χ2v) is 6.37. The highest BCUT2D eigenvalue weighted by Crippen LogP contribution is 2.30. The molecule has 2 N–H and O–H groups in total. The lowest BCUT2D eigenvalue weighted by Gasteiger charge is -2.23. The number of rotatable bonds is 3. The highest BCUT2D eigenvalue weighted by atomic mass is 19.1. The monoisotopic (exact) mass is 355 g/mol. The van der Waals surface area contributed by atoms with E-state index in [0.717, 1.165) is 31.5 Å². The van der Waals surface area contributed by atoms with Crippen molar-refractivity contribution in [1.82, 2.24) is 19.9 Å². The zero-order valence-electron chi connectivity index (χ0n) is 14.1. The number of carboxylic acids is 1. The van der Waals surface area contributed by atoms with E-state index in [1.807, 2.05) is 0 Å². The number of aromatic amines is 1. The summed E-state index contributed by atoms with van der Waals surface area (Å²) >= 11 is 0. The third-order valence-corrected chi connectivity index (χ3v) is 4.54. The fourth-order valence-corrected chi connectivity index (χ4v) is 3.23. The van der Waals surface area contributed by atoms with Gasteiger partial charge in [0.15, 0.2) is 17.1 Å². The summed E-state index contributed by atoms with van der Waals surface area (Å²) in [5, 5.41) is 9.16. The molecule has 0 spiro atoms. The van der Waals surface area contributed by atoms with Gasteiger partial charge in [-0.15, -0.1) is 0 Å². The van der Waals surface area contributed by atoms with Crippen LogP contribution in [0, 0.1) is 5.82 Å². The summed E-state index contributed by atoms with van der Waals surface area (Å²) in [6.07, 6.45) is 4.46. The van der Waals surface area contributed by atoms with E-state index in [1.165, 1.54) is 25.0 Å². The standard InChI is InChI=1S/C18H18FN5O2/c19-12-7-5-11(6-8-12)13-17(24-9-3-1-2-4-10-24)23-15-14(20-13)21-16(22-15)18(25)26/h5-8H,1-4,9-10H2,(H,25,26)(H,20,21,22,23). The van der Waals surface area contributed by atoms with Crippen LogP contribution in [0.25, 0.3) is 22.6 Å². The van der Waals surface area contributed by atoms with Gasteiger partial charge in [0.25, 0.3) is 0 Å². The molecule has 1 aliphatic rings. The fourth-order valence-electron chi connectivity index (χ4n) is 3.23. The molecule has 1 aliphatic heterocycles. The van der Waals surface area contributed by atoms with Crippen LogP contribution >= 0.6 is 0 Å². The molecule has 0 saturated carbocycles. The van der Waals surface area contributed by atoms with Crippen LogP contribution in [0.3, 0.4) is 0 Å². The normalized spacial score (nSPS) is 15.2. The molecule has 8 heteroatoms. The zero-order valence-corrected chi connectivity index (χ0v) is 14.1. The summed E-state index contributed by atoms with van der Waals surface area (Å²) in [4.78, 5) is 29.2. The van der Waals surface area contributed by atoms with E-state index in [4.69, 9.17) is 5.11 Å². The second-order valence-electron chi connectivity index (χ2n) is 6.37. The Kier molecular flexibility index (Phi) is 4.24. The Balaban J connectivity index is 1.88. The van der Waals surface area contributed by atoms with E-state index in [9.17, 15) is 9.18 Å². The number of fused-ring (bicyclic) bond motifs is 1. The molecule has 1 aromatic carbocycles. The van der Waals surface area contributed by atoms with Crippen LogP contribution in [0.1, 0.15) is 36.3 Å². The van der Waals surface area contributed by atoms with Gasteiger partial charge in [-0.1, -0.05) is 12.8 Å². The number of aromatic nitrogens is 4. The molecule has 0 atom stereocenters. The predicted octanol–water partition coefficient (Wildman–Crippen LogP) is 3.24. The maximum atomic E-state index is 13.3.